The SMILES string of the molecule is CC1(O)CC2C=CC3CC(O)C1C32. The van der Waals surface area contributed by atoms with Crippen LogP contribution in [0.5, 0.6) is 0 Å². The molecule has 0 heterocycles. The fraction of sp³-hybridized carbons (Fsp3) is 0.818. The molecule has 2 saturated carbocycles. The quantitative estimate of drug-likeness (QED) is 0.545. The molecule has 0 aromatic rings. The highest BCUT2D eigenvalue weighted by atomic mass is 16.3. The lowest BCUT2D eigenvalue weighted by molar-refractivity contribution is -0.0338. The molecule has 2 nitrogen and oxygen atoms in total. The molecule has 0 aliphatic heterocycles. The van der Waals surface area contributed by atoms with E-state index >= 15 is 0 Å². The second kappa shape index (κ2) is 2.18. The molecule has 0 radical (unpaired) electrons. The molecule has 72 valence electrons. The van der Waals surface area contributed by atoms with Gasteiger partial charge in [-0.1, -0.05) is 12.2 Å². The van der Waals surface area contributed by atoms with Gasteiger partial charge in [-0.15, -0.1) is 0 Å². The average molecular weight is 180 g/mol. The second-order valence-corrected chi connectivity index (χ2v) is 5.18. The maximum Gasteiger partial charge on any atom is 0.0681 e. The Hall–Kier alpha value is -0.340. The summed E-state index contributed by atoms with van der Waals surface area (Å²) in [5.74, 6) is 1.73. The summed E-state index contributed by atoms with van der Waals surface area (Å²) in [6, 6.07) is 0. The molecule has 2 N–H and O–H groups in total. The van der Waals surface area contributed by atoms with E-state index in [9.17, 15) is 10.2 Å². The van der Waals surface area contributed by atoms with Crippen molar-refractivity contribution in [3.8, 4) is 0 Å². The van der Waals surface area contributed by atoms with Crippen molar-refractivity contribution in [1.82, 2.24) is 0 Å². The van der Waals surface area contributed by atoms with Crippen LogP contribution in [0.25, 0.3) is 0 Å². The molecule has 13 heavy (non-hydrogen) atoms. The Morgan fingerprint density at radius 2 is 2.00 bits per heavy atom. The smallest absolute Gasteiger partial charge is 0.0681 e. The van der Waals surface area contributed by atoms with Gasteiger partial charge in [0, 0.05) is 5.92 Å². The van der Waals surface area contributed by atoms with Crippen molar-refractivity contribution in [2.75, 3.05) is 0 Å². The molecule has 2 heteroatoms. The fourth-order valence-electron chi connectivity index (χ4n) is 3.96. The lowest BCUT2D eigenvalue weighted by atomic mass is 9.86. The Labute approximate surface area is 78.3 Å². The van der Waals surface area contributed by atoms with Gasteiger partial charge in [-0.2, -0.15) is 0 Å². The van der Waals surface area contributed by atoms with E-state index in [-0.39, 0.29) is 12.0 Å². The van der Waals surface area contributed by atoms with Gasteiger partial charge in [0.25, 0.3) is 0 Å². The summed E-state index contributed by atoms with van der Waals surface area (Å²) in [5, 5.41) is 20.0. The van der Waals surface area contributed by atoms with Gasteiger partial charge in [0.05, 0.1) is 11.7 Å². The molecule has 6 unspecified atom stereocenters. The van der Waals surface area contributed by atoms with Crippen molar-refractivity contribution in [1.29, 1.82) is 0 Å². The zero-order valence-electron chi connectivity index (χ0n) is 7.85. The lowest BCUT2D eigenvalue weighted by Crippen LogP contribution is -2.36. The molecule has 0 amide bonds. The number of hydrogen-bond donors (Lipinski definition) is 2. The maximum atomic E-state index is 10.2. The molecular formula is C11H16O2. The van der Waals surface area contributed by atoms with Gasteiger partial charge in [-0.3, -0.25) is 0 Å². The Morgan fingerprint density at radius 3 is 2.77 bits per heavy atom. The first-order valence-electron chi connectivity index (χ1n) is 5.18. The van der Waals surface area contributed by atoms with Crippen LogP contribution in [-0.2, 0) is 0 Å². The summed E-state index contributed by atoms with van der Waals surface area (Å²) in [5.41, 5.74) is -0.631. The predicted molar refractivity (Wildman–Crippen MR) is 49.0 cm³/mol. The normalized spacial score (nSPS) is 63.2. The third-order valence-corrected chi connectivity index (χ3v) is 4.30. The Balaban J connectivity index is 2.03. The van der Waals surface area contributed by atoms with Crippen LogP contribution >= 0.6 is 0 Å². The third-order valence-electron chi connectivity index (χ3n) is 4.30. The Bertz CT molecular complexity index is 269. The van der Waals surface area contributed by atoms with Crippen molar-refractivity contribution in [2.24, 2.45) is 23.7 Å². The highest BCUT2D eigenvalue weighted by Crippen LogP contribution is 2.58. The van der Waals surface area contributed by atoms with Crippen LogP contribution in [0.3, 0.4) is 0 Å². The molecule has 0 aromatic heterocycles. The van der Waals surface area contributed by atoms with E-state index in [0.717, 1.165) is 12.8 Å². The third kappa shape index (κ3) is 0.856. The number of aliphatic hydroxyl groups excluding tert-OH is 1. The summed E-state index contributed by atoms with van der Waals surface area (Å²) in [6.07, 6.45) is 5.91. The summed E-state index contributed by atoms with van der Waals surface area (Å²) in [4.78, 5) is 0. The molecule has 3 aliphatic carbocycles. The van der Waals surface area contributed by atoms with E-state index < -0.39 is 5.60 Å². The first kappa shape index (κ1) is 8.01. The van der Waals surface area contributed by atoms with Crippen LogP contribution in [-0.4, -0.2) is 21.9 Å². The van der Waals surface area contributed by atoms with E-state index in [2.05, 4.69) is 12.2 Å². The summed E-state index contributed by atoms with van der Waals surface area (Å²) in [6.45, 7) is 1.88. The van der Waals surface area contributed by atoms with Gasteiger partial charge in [-0.25, -0.2) is 0 Å². The monoisotopic (exact) mass is 180 g/mol. The fourth-order valence-corrected chi connectivity index (χ4v) is 3.96. The van der Waals surface area contributed by atoms with Gasteiger partial charge >= 0.3 is 0 Å². The minimum Gasteiger partial charge on any atom is -0.393 e. The van der Waals surface area contributed by atoms with Crippen molar-refractivity contribution < 1.29 is 10.2 Å². The van der Waals surface area contributed by atoms with Gasteiger partial charge in [-0.05, 0) is 37.5 Å². The number of rotatable bonds is 0. The number of hydrogen-bond acceptors (Lipinski definition) is 2. The summed E-state index contributed by atoms with van der Waals surface area (Å²) in [7, 11) is 0. The maximum absolute atomic E-state index is 10.2. The largest absolute Gasteiger partial charge is 0.393 e. The zero-order chi connectivity index (χ0) is 9.22. The zero-order valence-corrected chi connectivity index (χ0v) is 7.85. The van der Waals surface area contributed by atoms with Gasteiger partial charge < -0.3 is 10.2 Å². The Morgan fingerprint density at radius 1 is 1.31 bits per heavy atom. The van der Waals surface area contributed by atoms with Crippen LogP contribution in [0.4, 0.5) is 0 Å². The molecule has 6 atom stereocenters. The molecule has 3 rings (SSSR count). The predicted octanol–water partition coefficient (Wildman–Crippen LogP) is 0.940. The highest BCUT2D eigenvalue weighted by molar-refractivity contribution is 5.21. The molecule has 0 saturated heterocycles. The molecule has 0 spiro atoms. The molecule has 2 fully saturated rings. The van der Waals surface area contributed by atoms with Crippen LogP contribution in [0.15, 0.2) is 12.2 Å². The summed E-state index contributed by atoms with van der Waals surface area (Å²) < 4.78 is 0. The van der Waals surface area contributed by atoms with Crippen molar-refractivity contribution in [2.45, 2.75) is 31.5 Å². The number of aliphatic hydroxyl groups is 2. The van der Waals surface area contributed by atoms with E-state index in [4.69, 9.17) is 0 Å². The van der Waals surface area contributed by atoms with E-state index in [0.29, 0.717) is 17.8 Å². The molecular weight excluding hydrogens is 164 g/mol. The van der Waals surface area contributed by atoms with Crippen molar-refractivity contribution >= 4 is 0 Å². The van der Waals surface area contributed by atoms with Crippen LogP contribution in [0.1, 0.15) is 19.8 Å². The first-order chi connectivity index (χ1) is 6.09. The first-order valence-corrected chi connectivity index (χ1v) is 5.18. The lowest BCUT2D eigenvalue weighted by Gasteiger charge is -2.27. The van der Waals surface area contributed by atoms with Gasteiger partial charge in [0.15, 0.2) is 0 Å². The minimum atomic E-state index is -0.631. The van der Waals surface area contributed by atoms with E-state index in [1.54, 1.807) is 0 Å². The van der Waals surface area contributed by atoms with Crippen LogP contribution in [0.2, 0.25) is 0 Å². The highest BCUT2D eigenvalue weighted by Gasteiger charge is 2.59. The average Bonchev–Trinajstić information content (AvgIpc) is 2.55. The molecule has 0 aromatic carbocycles. The molecule has 0 bridgehead atoms. The van der Waals surface area contributed by atoms with Gasteiger partial charge in [0.2, 0.25) is 0 Å². The van der Waals surface area contributed by atoms with E-state index in [1.165, 1.54) is 0 Å². The van der Waals surface area contributed by atoms with E-state index in [1.807, 2.05) is 6.92 Å². The molecule has 3 aliphatic rings. The topological polar surface area (TPSA) is 40.5 Å². The number of allylic oxidation sites excluding steroid dienone is 2. The van der Waals surface area contributed by atoms with Crippen molar-refractivity contribution in [3.05, 3.63) is 12.2 Å². The van der Waals surface area contributed by atoms with Gasteiger partial charge in [0.1, 0.15) is 0 Å². The standard InChI is InChI=1S/C11H16O2/c1-11(13)5-7-3-2-6-4-8(12)10(11)9(6)7/h2-3,6-10,12-13H,4-5H2,1H3. The summed E-state index contributed by atoms with van der Waals surface area (Å²) >= 11 is 0. The Kier molecular flexibility index (Phi) is 1.34. The van der Waals surface area contributed by atoms with Crippen molar-refractivity contribution in [3.63, 3.8) is 0 Å². The second-order valence-electron chi connectivity index (χ2n) is 5.18. The van der Waals surface area contributed by atoms with Crippen LogP contribution < -0.4 is 0 Å². The van der Waals surface area contributed by atoms with Crippen LogP contribution in [0, 0.1) is 23.7 Å². The minimum absolute atomic E-state index is 0.123.